The van der Waals surface area contributed by atoms with Gasteiger partial charge in [-0.15, -0.1) is 0 Å². The van der Waals surface area contributed by atoms with Crippen molar-refractivity contribution in [2.75, 3.05) is 4.90 Å². The van der Waals surface area contributed by atoms with Gasteiger partial charge in [0.05, 0.1) is 6.54 Å². The van der Waals surface area contributed by atoms with E-state index in [1.54, 1.807) is 4.90 Å². The zero-order valence-corrected chi connectivity index (χ0v) is 10.5. The summed E-state index contributed by atoms with van der Waals surface area (Å²) < 4.78 is 0. The maximum Gasteiger partial charge on any atom is 0.317 e. The van der Waals surface area contributed by atoms with Crippen molar-refractivity contribution in [1.82, 2.24) is 0 Å². The predicted molar refractivity (Wildman–Crippen MR) is 74.1 cm³/mol. The molecule has 91 valence electrons. The van der Waals surface area contributed by atoms with Crippen molar-refractivity contribution in [1.29, 1.82) is 0 Å². The number of anilines is 1. The molecule has 2 nitrogen and oxygen atoms in total. The molecule has 0 aliphatic carbocycles. The van der Waals surface area contributed by atoms with Crippen LogP contribution in [0.5, 0.6) is 0 Å². The third kappa shape index (κ3) is 2.98. The molecule has 0 atom stereocenters. The molecule has 2 aromatic rings. The highest BCUT2D eigenvalue weighted by Gasteiger charge is 2.06. The average molecular weight is 238 g/mol. The highest BCUT2D eigenvalue weighted by Crippen LogP contribution is 2.16. The summed E-state index contributed by atoms with van der Waals surface area (Å²) >= 11 is 0. The summed E-state index contributed by atoms with van der Waals surface area (Å²) in [6, 6.07) is 17.9. The summed E-state index contributed by atoms with van der Waals surface area (Å²) in [6.45, 7) is 2.67. The third-order valence-corrected chi connectivity index (χ3v) is 2.95. The Hall–Kier alpha value is -2.09. The van der Waals surface area contributed by atoms with Crippen molar-refractivity contribution >= 4 is 12.1 Å². The highest BCUT2D eigenvalue weighted by molar-refractivity contribution is 5.75. The number of hydrogen-bond donors (Lipinski definition) is 0. The Kier molecular flexibility index (Phi) is 4.13. The lowest BCUT2D eigenvalue weighted by atomic mass is 10.1. The quantitative estimate of drug-likeness (QED) is 0.732. The van der Waals surface area contributed by atoms with E-state index in [1.807, 2.05) is 61.0 Å². The number of nitrogens with zero attached hydrogens (tertiary/aromatic N) is 1. The Balaban J connectivity index is 2.15. The molecule has 0 saturated carbocycles. The number of rotatable bonds is 5. The minimum Gasteiger partial charge on any atom is -0.300 e. The van der Waals surface area contributed by atoms with Crippen molar-refractivity contribution in [3.63, 3.8) is 0 Å². The van der Waals surface area contributed by atoms with Crippen LogP contribution in [0, 0.1) is 0 Å². The molecule has 1 amide bonds. The van der Waals surface area contributed by atoms with E-state index in [0.29, 0.717) is 6.54 Å². The van der Waals surface area contributed by atoms with Crippen molar-refractivity contribution in [2.45, 2.75) is 19.9 Å². The second-order valence-corrected chi connectivity index (χ2v) is 4.18. The molecular weight excluding hydrogens is 222 g/mol. The molecule has 18 heavy (non-hydrogen) atoms. The molecular formula is C16H16NO. The van der Waals surface area contributed by atoms with E-state index in [1.165, 1.54) is 5.56 Å². The van der Waals surface area contributed by atoms with Gasteiger partial charge in [0.15, 0.2) is 0 Å². The summed E-state index contributed by atoms with van der Waals surface area (Å²) in [5.41, 5.74) is 3.25. The van der Waals surface area contributed by atoms with Crippen LogP contribution in [0.2, 0.25) is 0 Å². The molecule has 0 heterocycles. The average Bonchev–Trinajstić information content (AvgIpc) is 2.46. The summed E-state index contributed by atoms with van der Waals surface area (Å²) in [7, 11) is 0. The number of benzene rings is 2. The van der Waals surface area contributed by atoms with Gasteiger partial charge in [-0.1, -0.05) is 49.4 Å². The lowest BCUT2D eigenvalue weighted by molar-refractivity contribution is 0.551. The molecule has 0 bridgehead atoms. The van der Waals surface area contributed by atoms with Gasteiger partial charge in [0.1, 0.15) is 0 Å². The highest BCUT2D eigenvalue weighted by atomic mass is 16.1. The Labute approximate surface area is 108 Å². The van der Waals surface area contributed by atoms with E-state index >= 15 is 0 Å². The first kappa shape index (κ1) is 12.4. The monoisotopic (exact) mass is 238 g/mol. The third-order valence-electron chi connectivity index (χ3n) is 2.95. The topological polar surface area (TPSA) is 20.3 Å². The van der Waals surface area contributed by atoms with Gasteiger partial charge in [0.25, 0.3) is 0 Å². The largest absolute Gasteiger partial charge is 0.317 e. The number of hydrogen-bond acceptors (Lipinski definition) is 1. The van der Waals surface area contributed by atoms with E-state index in [4.69, 9.17) is 0 Å². The molecule has 0 aliphatic rings. The molecule has 0 saturated heterocycles. The van der Waals surface area contributed by atoms with Crippen LogP contribution in [0.1, 0.15) is 18.1 Å². The maximum absolute atomic E-state index is 11.1. The van der Waals surface area contributed by atoms with Crippen LogP contribution in [0.3, 0.4) is 0 Å². The second kappa shape index (κ2) is 6.01. The first-order valence-corrected chi connectivity index (χ1v) is 6.11. The lowest BCUT2D eigenvalue weighted by Gasteiger charge is -2.16. The number of aryl methyl sites for hydroxylation is 1. The standard InChI is InChI=1S/C16H16NO/c1-2-14-8-10-16(11-9-14)17(13-18)12-15-6-4-3-5-7-15/h3-11H,2,12H2,1H3. The Bertz CT molecular complexity index is 490. The number of amides is 1. The molecule has 1 radical (unpaired) electrons. The minimum atomic E-state index is 0.551. The predicted octanol–water partition coefficient (Wildman–Crippen LogP) is 3.32. The second-order valence-electron chi connectivity index (χ2n) is 4.18. The molecule has 2 rings (SSSR count). The van der Waals surface area contributed by atoms with Crippen LogP contribution in [-0.2, 0) is 17.8 Å². The van der Waals surface area contributed by atoms with Crippen LogP contribution >= 0.6 is 0 Å². The molecule has 2 aromatic carbocycles. The van der Waals surface area contributed by atoms with Crippen LogP contribution in [0.15, 0.2) is 54.6 Å². The van der Waals surface area contributed by atoms with Crippen LogP contribution in [-0.4, -0.2) is 6.41 Å². The molecule has 0 aromatic heterocycles. The molecule has 0 unspecified atom stereocenters. The summed E-state index contributed by atoms with van der Waals surface area (Å²) in [5, 5.41) is 0. The number of carbonyl (C=O) groups excluding carboxylic acids is 1. The van der Waals surface area contributed by atoms with Gasteiger partial charge in [-0.3, -0.25) is 9.69 Å². The van der Waals surface area contributed by atoms with Crippen molar-refractivity contribution in [2.24, 2.45) is 0 Å². The molecule has 2 heteroatoms. The van der Waals surface area contributed by atoms with E-state index in [-0.39, 0.29) is 0 Å². The van der Waals surface area contributed by atoms with Gasteiger partial charge in [-0.2, -0.15) is 0 Å². The minimum absolute atomic E-state index is 0.551. The Morgan fingerprint density at radius 2 is 1.61 bits per heavy atom. The van der Waals surface area contributed by atoms with E-state index in [0.717, 1.165) is 17.7 Å². The van der Waals surface area contributed by atoms with Crippen LogP contribution < -0.4 is 4.90 Å². The van der Waals surface area contributed by atoms with E-state index in [2.05, 4.69) is 6.92 Å². The van der Waals surface area contributed by atoms with Gasteiger partial charge in [0.2, 0.25) is 0 Å². The van der Waals surface area contributed by atoms with E-state index < -0.39 is 0 Å². The normalized spacial score (nSPS) is 10.1. The summed E-state index contributed by atoms with van der Waals surface area (Å²) in [5.74, 6) is 0. The maximum atomic E-state index is 11.1. The fraction of sp³-hybridized carbons (Fsp3) is 0.188. The zero-order chi connectivity index (χ0) is 12.8. The Morgan fingerprint density at radius 3 is 2.17 bits per heavy atom. The summed E-state index contributed by atoms with van der Waals surface area (Å²) in [4.78, 5) is 12.7. The van der Waals surface area contributed by atoms with Crippen molar-refractivity contribution in [3.05, 3.63) is 65.7 Å². The SMILES string of the molecule is CCc1ccc(N([C]=O)Cc2ccccc2)cc1. The molecule has 0 aliphatic heterocycles. The fourth-order valence-corrected chi connectivity index (χ4v) is 1.85. The Morgan fingerprint density at radius 1 is 0.944 bits per heavy atom. The smallest absolute Gasteiger partial charge is 0.300 e. The van der Waals surface area contributed by atoms with Gasteiger partial charge >= 0.3 is 6.41 Å². The van der Waals surface area contributed by atoms with Gasteiger partial charge < -0.3 is 0 Å². The molecule has 0 N–H and O–H groups in total. The van der Waals surface area contributed by atoms with Gasteiger partial charge in [-0.25, -0.2) is 0 Å². The fourth-order valence-electron chi connectivity index (χ4n) is 1.85. The first-order chi connectivity index (χ1) is 8.83. The van der Waals surface area contributed by atoms with Gasteiger partial charge in [0, 0.05) is 5.69 Å². The van der Waals surface area contributed by atoms with Crippen molar-refractivity contribution < 1.29 is 4.79 Å². The molecule has 0 fully saturated rings. The summed E-state index contributed by atoms with van der Waals surface area (Å²) in [6.07, 6.45) is 2.99. The van der Waals surface area contributed by atoms with Crippen molar-refractivity contribution in [3.8, 4) is 0 Å². The zero-order valence-electron chi connectivity index (χ0n) is 10.5. The molecule has 0 spiro atoms. The van der Waals surface area contributed by atoms with Crippen LogP contribution in [0.4, 0.5) is 5.69 Å². The lowest BCUT2D eigenvalue weighted by Crippen LogP contribution is -2.20. The van der Waals surface area contributed by atoms with Crippen LogP contribution in [0.25, 0.3) is 0 Å². The van der Waals surface area contributed by atoms with E-state index in [9.17, 15) is 4.79 Å². The van der Waals surface area contributed by atoms with Gasteiger partial charge in [-0.05, 0) is 29.7 Å². The first-order valence-electron chi connectivity index (χ1n) is 6.11.